The van der Waals surface area contributed by atoms with Gasteiger partial charge in [-0.2, -0.15) is 15.8 Å². The van der Waals surface area contributed by atoms with Crippen molar-refractivity contribution >= 4 is 194 Å². The molecule has 5 N–H and O–H groups in total. The fourth-order valence-electron chi connectivity index (χ4n) is 13.3. The van der Waals surface area contributed by atoms with E-state index >= 15 is 0 Å². The molecule has 8 aromatic heterocycles. The molecule has 0 spiro atoms. The van der Waals surface area contributed by atoms with Crippen LogP contribution in [0.5, 0.6) is 0 Å². The van der Waals surface area contributed by atoms with Crippen LogP contribution in [-0.2, 0) is 68.9 Å². The molecule has 0 bridgehead atoms. The van der Waals surface area contributed by atoms with E-state index in [0.29, 0.717) is 75.3 Å². The van der Waals surface area contributed by atoms with Crippen molar-refractivity contribution in [2.75, 3.05) is 0 Å². The molecule has 0 aliphatic rings. The Morgan fingerprint density at radius 2 is 0.798 bits per heavy atom. The molecule has 0 atom stereocenters. The fourth-order valence-corrected chi connectivity index (χ4v) is 20.6. The van der Waals surface area contributed by atoms with Gasteiger partial charge in [0.1, 0.15) is 0 Å². The number of carboxylic acids is 5. The molecule has 0 aliphatic heterocycles. The van der Waals surface area contributed by atoms with Crippen molar-refractivity contribution in [1.29, 1.82) is 15.8 Å². The van der Waals surface area contributed by atoms with Gasteiger partial charge in [-0.05, 0) is 199 Å². The second kappa shape index (κ2) is 38.8. The molecule has 25 heteroatoms. The molecular weight excluding hydrogens is 1680 g/mol. The largest absolute Gasteiger partial charge is 0.481 e. The minimum atomic E-state index is -0.838. The molecule has 0 radical (unpaired) electrons. The molecule has 0 saturated heterocycles. The molecule has 0 unspecified atom stereocenters. The van der Waals surface area contributed by atoms with Crippen LogP contribution < -0.4 is 0 Å². The molecule has 8 heterocycles. The molecule has 16 rings (SSSR count). The molecule has 0 saturated carbocycles. The number of aryl methyl sites for hydroxylation is 2. The zero-order valence-electron chi connectivity index (χ0n) is 64.2. The molecule has 8 aromatic carbocycles. The maximum Gasteiger partial charge on any atom is 0.309 e. The smallest absolute Gasteiger partial charge is 0.309 e. The number of thiophene rings is 5. The van der Waals surface area contributed by atoms with Gasteiger partial charge in [-0.25, -0.2) is 0 Å². The third kappa shape index (κ3) is 21.4. The van der Waals surface area contributed by atoms with Gasteiger partial charge in [-0.15, -0.1) is 56.7 Å². The minimum Gasteiger partial charge on any atom is -0.481 e. The summed E-state index contributed by atoms with van der Waals surface area (Å²) in [6, 6.07) is 66.2. The predicted octanol–water partition coefficient (Wildman–Crippen LogP) is 25.2. The van der Waals surface area contributed by atoms with Gasteiger partial charge < -0.3 is 25.5 Å². The number of hydrogen-bond acceptors (Lipinski definition) is 16. The Morgan fingerprint density at radius 3 is 1.28 bits per heavy atom. The number of nitriles is 3. The number of pyridine rings is 3. The molecule has 16 nitrogen and oxygen atoms in total. The first-order valence-electron chi connectivity index (χ1n) is 37.1. The summed E-state index contributed by atoms with van der Waals surface area (Å²) >= 11 is 33.1. The van der Waals surface area contributed by atoms with Crippen molar-refractivity contribution in [3.05, 3.63) is 309 Å². The number of hydrogen-bond donors (Lipinski definition) is 5. The highest BCUT2D eigenvalue weighted by Crippen LogP contribution is 2.43. The minimum absolute atomic E-state index is 0.0200. The molecular formula is C94H72Cl4N6O10S5. The lowest BCUT2D eigenvalue weighted by Gasteiger charge is -2.17. The molecule has 16 aromatic rings. The number of aliphatic carboxylic acids is 5. The summed E-state index contributed by atoms with van der Waals surface area (Å²) in [5, 5.41) is 82.3. The van der Waals surface area contributed by atoms with E-state index in [-0.39, 0.29) is 19.3 Å². The number of rotatable bonds is 21. The van der Waals surface area contributed by atoms with Crippen LogP contribution in [0.1, 0.15) is 104 Å². The third-order valence-corrected chi connectivity index (χ3v) is 26.9. The Kier molecular flexibility index (Phi) is 28.2. The molecule has 0 amide bonds. The van der Waals surface area contributed by atoms with Crippen molar-refractivity contribution < 1.29 is 49.5 Å². The molecule has 0 aliphatic carbocycles. The molecule has 0 fully saturated rings. The van der Waals surface area contributed by atoms with E-state index in [2.05, 4.69) is 63.5 Å². The Balaban J connectivity index is 0.000000137. The van der Waals surface area contributed by atoms with Gasteiger partial charge in [-0.1, -0.05) is 143 Å². The van der Waals surface area contributed by atoms with Crippen molar-refractivity contribution in [2.45, 2.75) is 85.5 Å². The SMILES string of the molecule is CC(C)(Cc1cc2cncc(-c3ccc(C#N)c4ccccc34)c2s1)C(=O)O.CC(C)(Cc1cc2cncc(-c3ccc(C#N)cc3)c2s1)C(=O)O.N#Cc1ccc(-c2cncc3cc(CC(=O)O)sc23)cc1.O=C(O)CCc1cc2c(Cc3c(Cl)cccc3Cl)cccc2s1.O=C(O)CCc1cc2cccc(Cc3c(Cl)cccc3Cl)c2s1. The lowest BCUT2D eigenvalue weighted by Crippen LogP contribution is -2.25. The van der Waals surface area contributed by atoms with E-state index in [1.165, 1.54) is 16.0 Å². The highest BCUT2D eigenvalue weighted by molar-refractivity contribution is 7.21. The van der Waals surface area contributed by atoms with Crippen LogP contribution >= 0.6 is 103 Å². The number of carbonyl (C=O) groups is 5. The fraction of sp³-hybridized carbons (Fsp3) is 0.160. The number of benzene rings is 8. The van der Waals surface area contributed by atoms with E-state index in [9.17, 15) is 39.4 Å². The maximum absolute atomic E-state index is 11.5. The quantitative estimate of drug-likeness (QED) is 0.0447. The number of fused-ring (bicyclic) bond motifs is 6. The first-order valence-corrected chi connectivity index (χ1v) is 42.7. The van der Waals surface area contributed by atoms with Gasteiger partial charge in [-0.3, -0.25) is 38.9 Å². The van der Waals surface area contributed by atoms with Crippen molar-refractivity contribution in [3.8, 4) is 51.6 Å². The lowest BCUT2D eigenvalue weighted by atomic mass is 9.89. The zero-order chi connectivity index (χ0) is 84.8. The van der Waals surface area contributed by atoms with E-state index in [1.54, 1.807) is 116 Å². The lowest BCUT2D eigenvalue weighted by molar-refractivity contribution is -0.147. The monoisotopic (exact) mass is 1740 g/mol. The van der Waals surface area contributed by atoms with Crippen LogP contribution in [0.25, 0.3) is 94.6 Å². The Labute approximate surface area is 724 Å². The van der Waals surface area contributed by atoms with Crippen LogP contribution in [0.15, 0.2) is 225 Å². The second-order valence-corrected chi connectivity index (χ2v) is 36.4. The van der Waals surface area contributed by atoms with Crippen molar-refractivity contribution in [1.82, 2.24) is 15.0 Å². The highest BCUT2D eigenvalue weighted by Gasteiger charge is 2.30. The van der Waals surface area contributed by atoms with E-state index in [0.717, 1.165) is 137 Å². The summed E-state index contributed by atoms with van der Waals surface area (Å²) in [5.74, 6) is -3.99. The highest BCUT2D eigenvalue weighted by atomic mass is 35.5. The van der Waals surface area contributed by atoms with Crippen LogP contribution in [0.3, 0.4) is 0 Å². The summed E-state index contributed by atoms with van der Waals surface area (Å²) in [7, 11) is 0. The average Bonchev–Trinajstić information content (AvgIpc) is 1.75. The van der Waals surface area contributed by atoms with Gasteiger partial charge in [0.15, 0.2) is 0 Å². The number of aromatic nitrogens is 3. The van der Waals surface area contributed by atoms with E-state index in [4.69, 9.17) is 72.2 Å². The van der Waals surface area contributed by atoms with Gasteiger partial charge in [0.2, 0.25) is 0 Å². The van der Waals surface area contributed by atoms with Gasteiger partial charge in [0.25, 0.3) is 0 Å². The van der Waals surface area contributed by atoms with Crippen molar-refractivity contribution in [2.24, 2.45) is 10.8 Å². The van der Waals surface area contributed by atoms with Gasteiger partial charge >= 0.3 is 29.8 Å². The summed E-state index contributed by atoms with van der Waals surface area (Å²) < 4.78 is 5.52. The second-order valence-electron chi connectivity index (χ2n) is 29.1. The Bertz CT molecular complexity index is 6480. The first-order chi connectivity index (χ1) is 57.1. The average molecular weight is 1750 g/mol. The van der Waals surface area contributed by atoms with Crippen LogP contribution in [-0.4, -0.2) is 70.3 Å². The molecule has 119 heavy (non-hydrogen) atoms. The topological polar surface area (TPSA) is 297 Å². The van der Waals surface area contributed by atoms with E-state index in [1.807, 2.05) is 152 Å². The number of halogens is 4. The van der Waals surface area contributed by atoms with Gasteiger partial charge in [0.05, 0.1) is 65.0 Å². The standard InChI is InChI=1S/C23H18N2O2S.C19H16N2O2S.2C18H14Cl2O2S.C16H10N2O2S/c1-23(2,22(26)27)10-16-9-15-12-25-13-20(21(15)28-16)19-8-7-14(11-24)17-5-3-4-6-18(17)19;1-19(2,18(22)23)8-15-7-14-10-21-11-16(17(14)24-15)13-5-3-12(9-20)4-6-13;19-15-4-2-5-16(20)14(15)9-11-3-1-6-17-13(11)10-12(23-17)7-8-18(21)22;19-15-5-2-6-16(20)14(15)10-12-4-1-3-11-9-13(23-18(11)12)7-8-17(21)22;17-7-10-1-3-11(4-2-10)14-9-18-8-12-5-13(6-15(19)20)21-16(12)14/h3-9,12-13H,10H2,1-2H3,(H,26,27);3-7,10-11H,8H2,1-2H3,(H,22,23);1-6,10H,7-9H2,(H,21,22);1-6,9H,7-8,10H2,(H,21,22);1-5,8-9H,6H2,(H,19,20). The van der Waals surface area contributed by atoms with Gasteiger partial charge in [0, 0.05) is 156 Å². The first kappa shape index (κ1) is 86.6. The normalized spacial score (nSPS) is 11.1. The predicted molar refractivity (Wildman–Crippen MR) is 483 cm³/mol. The molecule has 596 valence electrons. The summed E-state index contributed by atoms with van der Waals surface area (Å²) in [6.07, 6.45) is 14.5. The van der Waals surface area contributed by atoms with E-state index < -0.39 is 40.7 Å². The third-order valence-electron chi connectivity index (χ3n) is 19.5. The summed E-state index contributed by atoms with van der Waals surface area (Å²) in [6.45, 7) is 6.96. The van der Waals surface area contributed by atoms with Crippen LogP contribution in [0, 0.1) is 44.8 Å². The summed E-state index contributed by atoms with van der Waals surface area (Å²) in [5.41, 5.74) is 10.3. The Hall–Kier alpha value is -11.8. The maximum atomic E-state index is 11.5. The number of nitrogens with zero attached hydrogens (tertiary/aromatic N) is 6. The van der Waals surface area contributed by atoms with Crippen LogP contribution in [0.4, 0.5) is 0 Å². The van der Waals surface area contributed by atoms with Crippen molar-refractivity contribution in [3.63, 3.8) is 0 Å². The zero-order valence-corrected chi connectivity index (χ0v) is 71.3. The summed E-state index contributed by atoms with van der Waals surface area (Å²) in [4.78, 5) is 73.1. The Morgan fingerprint density at radius 1 is 0.378 bits per heavy atom. The number of carboxylic acid groups (broad SMARTS) is 5. The van der Waals surface area contributed by atoms with Crippen LogP contribution in [0.2, 0.25) is 20.1 Å².